The number of nitrogens with one attached hydrogen (secondary N) is 1. The summed E-state index contributed by atoms with van der Waals surface area (Å²) in [6.07, 6.45) is 0.396. The van der Waals surface area contributed by atoms with E-state index in [4.69, 9.17) is 10.5 Å². The first-order valence-electron chi connectivity index (χ1n) is 6.47. The number of ether oxygens (including phenoxy) is 1. The van der Waals surface area contributed by atoms with Crippen LogP contribution in [0.5, 0.6) is 0 Å². The molecule has 0 aromatic heterocycles. The largest absolute Gasteiger partial charge is 0.385 e. The van der Waals surface area contributed by atoms with Crippen LogP contribution in [0.2, 0.25) is 0 Å². The summed E-state index contributed by atoms with van der Waals surface area (Å²) in [4.78, 5) is 36.5. The van der Waals surface area contributed by atoms with Crippen LogP contribution in [0.15, 0.2) is 18.2 Å². The monoisotopic (exact) mass is 291 g/mol. The fourth-order valence-corrected chi connectivity index (χ4v) is 2.05. The molecule has 1 atom stereocenters. The molecule has 3 amide bonds. The topological polar surface area (TPSA) is 102 Å². The average Bonchev–Trinajstić information content (AvgIpc) is 2.69. The predicted molar refractivity (Wildman–Crippen MR) is 76.0 cm³/mol. The van der Waals surface area contributed by atoms with Crippen molar-refractivity contribution in [3.63, 3.8) is 0 Å². The number of imide groups is 1. The maximum atomic E-state index is 11.9. The number of carbonyl (C=O) groups is 3. The summed E-state index contributed by atoms with van der Waals surface area (Å²) in [6, 6.07) is 3.89. The third kappa shape index (κ3) is 2.93. The third-order valence-electron chi connectivity index (χ3n) is 3.33. The molecule has 1 aliphatic heterocycles. The summed E-state index contributed by atoms with van der Waals surface area (Å²) in [6.45, 7) is 0.385. The van der Waals surface area contributed by atoms with Gasteiger partial charge in [-0.1, -0.05) is 0 Å². The van der Waals surface area contributed by atoms with E-state index in [0.717, 1.165) is 4.90 Å². The van der Waals surface area contributed by atoms with Crippen molar-refractivity contribution in [3.8, 4) is 0 Å². The molecule has 7 nitrogen and oxygen atoms in total. The molecule has 0 saturated heterocycles. The lowest BCUT2D eigenvalue weighted by Gasteiger charge is -2.12. The highest BCUT2D eigenvalue weighted by atomic mass is 16.5. The molecule has 1 aliphatic rings. The zero-order valence-corrected chi connectivity index (χ0v) is 11.9. The normalized spacial score (nSPS) is 15.1. The van der Waals surface area contributed by atoms with E-state index in [1.54, 1.807) is 6.07 Å². The smallest absolute Gasteiger partial charge is 0.261 e. The Hall–Kier alpha value is -2.25. The van der Waals surface area contributed by atoms with E-state index in [0.29, 0.717) is 24.3 Å². The van der Waals surface area contributed by atoms with Crippen molar-refractivity contribution < 1.29 is 19.1 Å². The fourth-order valence-electron chi connectivity index (χ4n) is 2.05. The van der Waals surface area contributed by atoms with Crippen molar-refractivity contribution in [2.75, 3.05) is 26.1 Å². The second-order valence-corrected chi connectivity index (χ2v) is 4.81. The van der Waals surface area contributed by atoms with Gasteiger partial charge in [0.1, 0.15) is 0 Å². The molecule has 0 aliphatic carbocycles. The van der Waals surface area contributed by atoms with Crippen molar-refractivity contribution in [1.29, 1.82) is 0 Å². The SMILES string of the molecule is COCCC(N)C(=O)Nc1ccc2c(c1)C(=O)N(C)C2=O. The van der Waals surface area contributed by atoms with Crippen molar-refractivity contribution in [3.05, 3.63) is 29.3 Å². The highest BCUT2D eigenvalue weighted by Crippen LogP contribution is 2.24. The number of benzene rings is 1. The predicted octanol–water partition coefficient (Wildman–Crippen LogP) is 0.215. The van der Waals surface area contributed by atoms with Crippen molar-refractivity contribution in [2.45, 2.75) is 12.5 Å². The van der Waals surface area contributed by atoms with Gasteiger partial charge in [0.15, 0.2) is 0 Å². The minimum atomic E-state index is -0.696. The number of hydrogen-bond acceptors (Lipinski definition) is 5. The summed E-state index contributed by atoms with van der Waals surface area (Å²) in [5.74, 6) is -1.09. The molecular formula is C14H17N3O4. The van der Waals surface area contributed by atoms with Crippen LogP contribution in [0.1, 0.15) is 27.1 Å². The number of amides is 3. The number of hydrogen-bond donors (Lipinski definition) is 2. The van der Waals surface area contributed by atoms with Gasteiger partial charge < -0.3 is 15.8 Å². The summed E-state index contributed by atoms with van der Waals surface area (Å²) >= 11 is 0. The summed E-state index contributed by atoms with van der Waals surface area (Å²) in [5.41, 5.74) is 6.77. The Balaban J connectivity index is 2.12. The van der Waals surface area contributed by atoms with Crippen LogP contribution in [0.4, 0.5) is 5.69 Å². The lowest BCUT2D eigenvalue weighted by atomic mass is 10.1. The molecule has 2 rings (SSSR count). The van der Waals surface area contributed by atoms with Gasteiger partial charge in [0.05, 0.1) is 17.2 Å². The third-order valence-corrected chi connectivity index (χ3v) is 3.33. The van der Waals surface area contributed by atoms with Gasteiger partial charge in [-0.25, -0.2) is 0 Å². The molecule has 1 aromatic carbocycles. The maximum Gasteiger partial charge on any atom is 0.261 e. The van der Waals surface area contributed by atoms with Crippen molar-refractivity contribution >= 4 is 23.4 Å². The minimum absolute atomic E-state index is 0.283. The zero-order valence-electron chi connectivity index (χ0n) is 11.9. The number of nitrogens with zero attached hydrogens (tertiary/aromatic N) is 1. The van der Waals surface area contributed by atoms with E-state index in [-0.39, 0.29) is 23.3 Å². The molecule has 0 radical (unpaired) electrons. The fraction of sp³-hybridized carbons (Fsp3) is 0.357. The van der Waals surface area contributed by atoms with E-state index >= 15 is 0 Å². The molecule has 3 N–H and O–H groups in total. The first-order chi connectivity index (χ1) is 9.95. The molecule has 1 unspecified atom stereocenters. The maximum absolute atomic E-state index is 11.9. The molecule has 1 heterocycles. The van der Waals surface area contributed by atoms with Crippen LogP contribution in [-0.2, 0) is 9.53 Å². The minimum Gasteiger partial charge on any atom is -0.385 e. The quantitative estimate of drug-likeness (QED) is 0.755. The van der Waals surface area contributed by atoms with Crippen LogP contribution in [0.25, 0.3) is 0 Å². The van der Waals surface area contributed by atoms with E-state index < -0.39 is 6.04 Å². The number of methoxy groups -OCH3 is 1. The molecule has 7 heteroatoms. The van der Waals surface area contributed by atoms with E-state index in [1.807, 2.05) is 0 Å². The van der Waals surface area contributed by atoms with Gasteiger partial charge in [0, 0.05) is 26.5 Å². The first-order valence-corrected chi connectivity index (χ1v) is 6.47. The van der Waals surface area contributed by atoms with Gasteiger partial charge in [-0.15, -0.1) is 0 Å². The van der Waals surface area contributed by atoms with Gasteiger partial charge in [0.2, 0.25) is 5.91 Å². The van der Waals surface area contributed by atoms with Gasteiger partial charge in [-0.3, -0.25) is 19.3 Å². The summed E-state index contributed by atoms with van der Waals surface area (Å²) < 4.78 is 4.86. The molecular weight excluding hydrogens is 274 g/mol. The average molecular weight is 291 g/mol. The van der Waals surface area contributed by atoms with E-state index in [2.05, 4.69) is 5.32 Å². The Labute approximate surface area is 122 Å². The van der Waals surface area contributed by atoms with Gasteiger partial charge in [0.25, 0.3) is 11.8 Å². The van der Waals surface area contributed by atoms with Gasteiger partial charge in [-0.2, -0.15) is 0 Å². The van der Waals surface area contributed by atoms with Crippen LogP contribution in [0, 0.1) is 0 Å². The van der Waals surface area contributed by atoms with Crippen molar-refractivity contribution in [1.82, 2.24) is 4.90 Å². The highest BCUT2D eigenvalue weighted by molar-refractivity contribution is 6.21. The van der Waals surface area contributed by atoms with Gasteiger partial charge >= 0.3 is 0 Å². The first kappa shape index (κ1) is 15.1. The number of nitrogens with two attached hydrogens (primary N) is 1. The Morgan fingerprint density at radius 3 is 2.67 bits per heavy atom. The Morgan fingerprint density at radius 1 is 1.33 bits per heavy atom. The number of rotatable bonds is 5. The number of anilines is 1. The molecule has 0 fully saturated rings. The lowest BCUT2D eigenvalue weighted by Crippen LogP contribution is -2.36. The van der Waals surface area contributed by atoms with E-state index in [1.165, 1.54) is 26.3 Å². The molecule has 0 spiro atoms. The molecule has 0 bridgehead atoms. The Kier molecular flexibility index (Phi) is 4.35. The Morgan fingerprint density at radius 2 is 2.00 bits per heavy atom. The molecule has 112 valence electrons. The zero-order chi connectivity index (χ0) is 15.6. The highest BCUT2D eigenvalue weighted by Gasteiger charge is 2.32. The summed E-state index contributed by atoms with van der Waals surface area (Å²) in [5, 5.41) is 2.63. The molecule has 0 saturated carbocycles. The molecule has 21 heavy (non-hydrogen) atoms. The van der Waals surface area contributed by atoms with Crippen LogP contribution < -0.4 is 11.1 Å². The standard InChI is InChI=1S/C14H17N3O4/c1-17-13(19)9-4-3-8(7-10(9)14(17)20)16-12(18)11(15)5-6-21-2/h3-4,7,11H,5-6,15H2,1-2H3,(H,16,18). The lowest BCUT2D eigenvalue weighted by molar-refractivity contribution is -0.117. The summed E-state index contributed by atoms with van der Waals surface area (Å²) in [7, 11) is 2.95. The van der Waals surface area contributed by atoms with E-state index in [9.17, 15) is 14.4 Å². The molecule has 1 aromatic rings. The van der Waals surface area contributed by atoms with Crippen LogP contribution >= 0.6 is 0 Å². The van der Waals surface area contributed by atoms with Gasteiger partial charge in [-0.05, 0) is 24.6 Å². The number of carbonyl (C=O) groups excluding carboxylic acids is 3. The second-order valence-electron chi connectivity index (χ2n) is 4.81. The number of fused-ring (bicyclic) bond motifs is 1. The Bertz CT molecular complexity index is 600. The second kappa shape index (κ2) is 6.02. The van der Waals surface area contributed by atoms with Crippen LogP contribution in [-0.4, -0.2) is 49.4 Å². The van der Waals surface area contributed by atoms with Crippen molar-refractivity contribution in [2.24, 2.45) is 5.73 Å². The van der Waals surface area contributed by atoms with Crippen LogP contribution in [0.3, 0.4) is 0 Å².